The number of hydrogen-bond acceptors (Lipinski definition) is 4. The lowest BCUT2D eigenvalue weighted by Crippen LogP contribution is -2.22. The molecule has 6 rings (SSSR count). The first kappa shape index (κ1) is 26.2. The molecule has 1 amide bonds. The van der Waals surface area contributed by atoms with Gasteiger partial charge in [-0.2, -0.15) is 0 Å². The Kier molecular flexibility index (Phi) is 7.32. The Morgan fingerprint density at radius 3 is 2.41 bits per heavy atom. The van der Waals surface area contributed by atoms with Gasteiger partial charge >= 0.3 is 0 Å². The average Bonchev–Trinajstić information content (AvgIpc) is 3.86. The maximum absolute atomic E-state index is 12.0. The summed E-state index contributed by atoms with van der Waals surface area (Å²) in [5, 5.41) is 8.88. The summed E-state index contributed by atoms with van der Waals surface area (Å²) in [6.45, 7) is 2.79. The van der Waals surface area contributed by atoms with Crippen molar-refractivity contribution in [2.24, 2.45) is 0 Å². The highest BCUT2D eigenvalue weighted by atomic mass is 35.5. The highest BCUT2D eigenvalue weighted by Gasteiger charge is 2.40. The summed E-state index contributed by atoms with van der Waals surface area (Å²) < 4.78 is 12.0. The molecular formula is C31H27Cl3N2O3. The summed E-state index contributed by atoms with van der Waals surface area (Å²) in [6, 6.07) is 19.1. The standard InChI is InChI=1S/C31H27Cl3N2O3/c1-2-35-31(37)19-10-6-17(7-11-19)22-15-23(22)21-13-12-20(14-27(21)34)38-16-24-29(36-39-30(24)18-8-9-18)28-25(32)4-3-5-26(28)33/h3-7,10-14,18,22-23H,2,8-9,15-16H2,1H3,(H,35,37). The fraction of sp³-hybridized carbons (Fsp3) is 0.290. The first-order valence-electron chi connectivity index (χ1n) is 13.2. The Balaban J connectivity index is 1.16. The van der Waals surface area contributed by atoms with E-state index < -0.39 is 0 Å². The van der Waals surface area contributed by atoms with Crippen molar-refractivity contribution >= 4 is 40.7 Å². The molecule has 4 aromatic rings. The van der Waals surface area contributed by atoms with Crippen LogP contribution in [0.25, 0.3) is 11.3 Å². The normalized spacial score (nSPS) is 18.2. The molecule has 0 saturated heterocycles. The Bertz CT molecular complexity index is 1510. The Morgan fingerprint density at radius 2 is 1.74 bits per heavy atom. The van der Waals surface area contributed by atoms with Gasteiger partial charge in [-0.3, -0.25) is 4.79 Å². The lowest BCUT2D eigenvalue weighted by Gasteiger charge is -2.11. The second-order valence-electron chi connectivity index (χ2n) is 10.1. The Hall–Kier alpha value is -2.99. The number of rotatable bonds is 9. The van der Waals surface area contributed by atoms with Gasteiger partial charge in [0, 0.05) is 28.6 Å². The summed E-state index contributed by atoms with van der Waals surface area (Å²) in [4.78, 5) is 12.0. The fourth-order valence-electron chi connectivity index (χ4n) is 5.15. The van der Waals surface area contributed by atoms with E-state index in [1.807, 2.05) is 49.4 Å². The van der Waals surface area contributed by atoms with Crippen LogP contribution in [0.3, 0.4) is 0 Å². The van der Waals surface area contributed by atoms with E-state index in [9.17, 15) is 4.79 Å². The van der Waals surface area contributed by atoms with Crippen LogP contribution in [0.15, 0.2) is 65.2 Å². The molecule has 0 bridgehead atoms. The number of nitrogens with zero attached hydrogens (tertiary/aromatic N) is 1. The predicted octanol–water partition coefficient (Wildman–Crippen LogP) is 8.78. The number of carbonyl (C=O) groups excluding carboxylic acids is 1. The SMILES string of the molecule is CCNC(=O)c1ccc(C2CC2c2ccc(OCc3c(-c4c(Cl)cccc4Cl)noc3C3CC3)cc2Cl)cc1. The lowest BCUT2D eigenvalue weighted by atomic mass is 10.0. The number of halogens is 3. The van der Waals surface area contributed by atoms with Crippen LogP contribution in [0, 0.1) is 0 Å². The summed E-state index contributed by atoms with van der Waals surface area (Å²) in [6.07, 6.45) is 3.15. The maximum atomic E-state index is 12.0. The Morgan fingerprint density at radius 1 is 1.00 bits per heavy atom. The van der Waals surface area contributed by atoms with Gasteiger partial charge in [0.05, 0.1) is 15.6 Å². The number of nitrogens with one attached hydrogen (secondary N) is 1. The number of ether oxygens (including phenoxy) is 1. The second kappa shape index (κ2) is 10.9. The molecule has 200 valence electrons. The smallest absolute Gasteiger partial charge is 0.251 e. The highest BCUT2D eigenvalue weighted by Crippen LogP contribution is 2.56. The molecule has 39 heavy (non-hydrogen) atoms. The molecule has 0 spiro atoms. The highest BCUT2D eigenvalue weighted by molar-refractivity contribution is 6.39. The van der Waals surface area contributed by atoms with Crippen LogP contribution in [0.5, 0.6) is 5.75 Å². The van der Waals surface area contributed by atoms with Crippen LogP contribution in [-0.2, 0) is 6.61 Å². The molecule has 2 unspecified atom stereocenters. The lowest BCUT2D eigenvalue weighted by molar-refractivity contribution is 0.0956. The van der Waals surface area contributed by atoms with E-state index >= 15 is 0 Å². The van der Waals surface area contributed by atoms with Gasteiger partial charge in [-0.1, -0.05) is 64.2 Å². The molecule has 0 aliphatic heterocycles. The van der Waals surface area contributed by atoms with Crippen LogP contribution in [0.4, 0.5) is 0 Å². The molecule has 0 radical (unpaired) electrons. The predicted molar refractivity (Wildman–Crippen MR) is 154 cm³/mol. The molecule has 1 N–H and O–H groups in total. The minimum atomic E-state index is -0.0485. The first-order valence-corrected chi connectivity index (χ1v) is 14.3. The van der Waals surface area contributed by atoms with Crippen molar-refractivity contribution in [2.45, 2.75) is 50.5 Å². The molecule has 2 saturated carbocycles. The van der Waals surface area contributed by atoms with E-state index in [2.05, 4.69) is 10.5 Å². The maximum Gasteiger partial charge on any atom is 0.251 e. The average molecular weight is 582 g/mol. The number of hydrogen-bond donors (Lipinski definition) is 1. The van der Waals surface area contributed by atoms with Crippen molar-refractivity contribution in [3.63, 3.8) is 0 Å². The van der Waals surface area contributed by atoms with Gasteiger partial charge < -0.3 is 14.6 Å². The minimum Gasteiger partial charge on any atom is -0.489 e. The molecular weight excluding hydrogens is 555 g/mol. The first-order chi connectivity index (χ1) is 18.9. The monoisotopic (exact) mass is 580 g/mol. The van der Waals surface area contributed by atoms with Gasteiger partial charge in [-0.15, -0.1) is 0 Å². The van der Waals surface area contributed by atoms with Gasteiger partial charge in [0.2, 0.25) is 0 Å². The fourth-order valence-corrected chi connectivity index (χ4v) is 6.04. The van der Waals surface area contributed by atoms with Crippen LogP contribution < -0.4 is 10.1 Å². The minimum absolute atomic E-state index is 0.0485. The van der Waals surface area contributed by atoms with Gasteiger partial charge in [-0.05, 0) is 85.5 Å². The molecule has 1 heterocycles. The topological polar surface area (TPSA) is 64.4 Å². The molecule has 2 atom stereocenters. The summed E-state index contributed by atoms with van der Waals surface area (Å²) in [5.74, 6) is 2.54. The van der Waals surface area contributed by atoms with Crippen molar-refractivity contribution in [3.05, 3.63) is 104 Å². The number of benzene rings is 3. The second-order valence-corrected chi connectivity index (χ2v) is 11.4. The largest absolute Gasteiger partial charge is 0.489 e. The zero-order valence-electron chi connectivity index (χ0n) is 21.3. The number of carbonyl (C=O) groups is 1. The molecule has 8 heteroatoms. The van der Waals surface area contributed by atoms with Crippen LogP contribution in [0.2, 0.25) is 15.1 Å². The molecule has 2 aliphatic carbocycles. The molecule has 2 aliphatic rings. The van der Waals surface area contributed by atoms with Crippen molar-refractivity contribution < 1.29 is 14.1 Å². The van der Waals surface area contributed by atoms with Crippen LogP contribution >= 0.6 is 34.8 Å². The van der Waals surface area contributed by atoms with E-state index in [0.717, 1.165) is 36.1 Å². The van der Waals surface area contributed by atoms with Crippen molar-refractivity contribution in [1.29, 1.82) is 0 Å². The molecule has 2 fully saturated rings. The van der Waals surface area contributed by atoms with E-state index in [4.69, 9.17) is 44.1 Å². The van der Waals surface area contributed by atoms with Crippen LogP contribution in [0.1, 0.15) is 76.7 Å². The quantitative estimate of drug-likeness (QED) is 0.215. The van der Waals surface area contributed by atoms with E-state index in [1.54, 1.807) is 18.2 Å². The van der Waals surface area contributed by atoms with Gasteiger partial charge in [0.25, 0.3) is 5.91 Å². The van der Waals surface area contributed by atoms with Crippen molar-refractivity contribution in [2.75, 3.05) is 6.54 Å². The van der Waals surface area contributed by atoms with Crippen LogP contribution in [-0.4, -0.2) is 17.6 Å². The van der Waals surface area contributed by atoms with Crippen molar-refractivity contribution in [3.8, 4) is 17.0 Å². The zero-order valence-corrected chi connectivity index (χ0v) is 23.6. The van der Waals surface area contributed by atoms with Gasteiger partial charge in [0.1, 0.15) is 23.8 Å². The van der Waals surface area contributed by atoms with E-state index in [-0.39, 0.29) is 12.5 Å². The van der Waals surface area contributed by atoms with E-state index in [1.165, 1.54) is 5.56 Å². The van der Waals surface area contributed by atoms with Gasteiger partial charge in [-0.25, -0.2) is 0 Å². The molecule has 5 nitrogen and oxygen atoms in total. The number of amides is 1. The number of aromatic nitrogens is 1. The molecule has 1 aromatic heterocycles. The third kappa shape index (κ3) is 5.41. The third-order valence-electron chi connectivity index (χ3n) is 7.45. The van der Waals surface area contributed by atoms with Gasteiger partial charge in [0.15, 0.2) is 0 Å². The summed E-state index contributed by atoms with van der Waals surface area (Å²) >= 11 is 19.7. The zero-order chi connectivity index (χ0) is 27.1. The molecule has 3 aromatic carbocycles. The van der Waals surface area contributed by atoms with Crippen molar-refractivity contribution in [1.82, 2.24) is 10.5 Å². The summed E-state index contributed by atoms with van der Waals surface area (Å²) in [5.41, 5.74) is 5.14. The third-order valence-corrected chi connectivity index (χ3v) is 8.41. The Labute approximate surface area is 242 Å². The van der Waals surface area contributed by atoms with E-state index in [0.29, 0.717) is 61.9 Å². The summed E-state index contributed by atoms with van der Waals surface area (Å²) in [7, 11) is 0.